The van der Waals surface area contributed by atoms with E-state index in [-0.39, 0.29) is 4.90 Å². The largest absolute Gasteiger partial charge is 0.355 e. The van der Waals surface area contributed by atoms with Gasteiger partial charge in [0, 0.05) is 24.3 Å². The number of benzene rings is 2. The van der Waals surface area contributed by atoms with Crippen LogP contribution >= 0.6 is 0 Å². The number of hydrogen-bond donors (Lipinski definition) is 1. The van der Waals surface area contributed by atoms with Gasteiger partial charge in [-0.3, -0.25) is 4.72 Å². The molecule has 0 unspecified atom stereocenters. The Morgan fingerprint density at radius 3 is 2.34 bits per heavy atom. The third kappa shape index (κ3) is 4.54. The molecule has 8 heteroatoms. The van der Waals surface area contributed by atoms with Crippen molar-refractivity contribution in [1.82, 2.24) is 10.2 Å². The van der Waals surface area contributed by atoms with Crippen molar-refractivity contribution in [3.8, 4) is 11.3 Å². The van der Waals surface area contributed by atoms with E-state index in [1.807, 2.05) is 18.2 Å². The zero-order valence-electron chi connectivity index (χ0n) is 15.8. The van der Waals surface area contributed by atoms with Gasteiger partial charge in [-0.25, -0.2) is 12.8 Å². The van der Waals surface area contributed by atoms with Crippen molar-refractivity contribution in [2.24, 2.45) is 0 Å². The molecule has 4 rings (SSSR count). The predicted molar refractivity (Wildman–Crippen MR) is 111 cm³/mol. The average molecular weight is 412 g/mol. The van der Waals surface area contributed by atoms with Crippen LogP contribution in [0.3, 0.4) is 0 Å². The lowest BCUT2D eigenvalue weighted by Crippen LogP contribution is -2.30. The standard InChI is InChI=1S/C21H21FN4O2S/c22-17-7-9-19(10-8-17)29(27,28)25-18-6-4-5-16(15-18)20-11-12-21(24-23-20)26-13-2-1-3-14-26/h4-12,15,25H,1-3,13-14H2. The summed E-state index contributed by atoms with van der Waals surface area (Å²) in [7, 11) is -3.81. The first-order valence-corrected chi connectivity index (χ1v) is 11.0. The average Bonchev–Trinajstić information content (AvgIpc) is 2.75. The van der Waals surface area contributed by atoms with Gasteiger partial charge < -0.3 is 4.90 Å². The van der Waals surface area contributed by atoms with Crippen molar-refractivity contribution in [3.63, 3.8) is 0 Å². The van der Waals surface area contributed by atoms with Crippen LogP contribution in [-0.2, 0) is 10.0 Å². The Kier molecular flexibility index (Phi) is 5.44. The van der Waals surface area contributed by atoms with Gasteiger partial charge in [0.15, 0.2) is 5.82 Å². The molecule has 1 fully saturated rings. The monoisotopic (exact) mass is 412 g/mol. The Bertz CT molecular complexity index is 1080. The molecular formula is C21H21FN4O2S. The summed E-state index contributed by atoms with van der Waals surface area (Å²) in [5, 5.41) is 8.66. The van der Waals surface area contributed by atoms with Gasteiger partial charge in [0.25, 0.3) is 10.0 Å². The first-order valence-electron chi connectivity index (χ1n) is 9.49. The summed E-state index contributed by atoms with van der Waals surface area (Å²) in [5.41, 5.74) is 1.81. The number of aromatic nitrogens is 2. The number of anilines is 2. The van der Waals surface area contributed by atoms with Crippen molar-refractivity contribution in [3.05, 3.63) is 66.5 Å². The molecule has 1 aliphatic rings. The maximum absolute atomic E-state index is 13.1. The number of nitrogens with zero attached hydrogens (tertiary/aromatic N) is 3. The smallest absolute Gasteiger partial charge is 0.261 e. The van der Waals surface area contributed by atoms with E-state index in [2.05, 4.69) is 19.8 Å². The highest BCUT2D eigenvalue weighted by molar-refractivity contribution is 7.92. The van der Waals surface area contributed by atoms with Gasteiger partial charge in [0.05, 0.1) is 10.6 Å². The molecule has 3 aromatic rings. The second-order valence-corrected chi connectivity index (χ2v) is 8.65. The highest BCUT2D eigenvalue weighted by Gasteiger charge is 2.15. The minimum Gasteiger partial charge on any atom is -0.355 e. The summed E-state index contributed by atoms with van der Waals surface area (Å²) >= 11 is 0. The molecule has 0 radical (unpaired) electrons. The van der Waals surface area contributed by atoms with E-state index >= 15 is 0 Å². The summed E-state index contributed by atoms with van der Waals surface area (Å²) in [6, 6.07) is 15.5. The molecule has 1 saturated heterocycles. The van der Waals surface area contributed by atoms with Crippen molar-refractivity contribution >= 4 is 21.5 Å². The molecule has 2 heterocycles. The van der Waals surface area contributed by atoms with Crippen LogP contribution in [0.5, 0.6) is 0 Å². The molecule has 1 aromatic heterocycles. The quantitative estimate of drug-likeness (QED) is 0.684. The van der Waals surface area contributed by atoms with E-state index in [4.69, 9.17) is 0 Å². The summed E-state index contributed by atoms with van der Waals surface area (Å²) in [6.45, 7) is 1.99. The molecule has 0 amide bonds. The molecule has 29 heavy (non-hydrogen) atoms. The Morgan fingerprint density at radius 2 is 1.66 bits per heavy atom. The molecule has 1 aliphatic heterocycles. The van der Waals surface area contributed by atoms with E-state index in [0.717, 1.165) is 36.6 Å². The highest BCUT2D eigenvalue weighted by Crippen LogP contribution is 2.24. The molecule has 1 N–H and O–H groups in total. The van der Waals surface area contributed by atoms with E-state index in [0.29, 0.717) is 11.4 Å². The van der Waals surface area contributed by atoms with Crippen LogP contribution in [0, 0.1) is 5.82 Å². The van der Waals surface area contributed by atoms with Crippen LogP contribution in [0.4, 0.5) is 15.9 Å². The highest BCUT2D eigenvalue weighted by atomic mass is 32.2. The first-order chi connectivity index (χ1) is 14.0. The van der Waals surface area contributed by atoms with Gasteiger partial charge in [-0.05, 0) is 67.8 Å². The second-order valence-electron chi connectivity index (χ2n) is 6.96. The zero-order valence-corrected chi connectivity index (χ0v) is 16.6. The van der Waals surface area contributed by atoms with Gasteiger partial charge in [0.1, 0.15) is 5.82 Å². The number of nitrogens with one attached hydrogen (secondary N) is 1. The molecule has 0 spiro atoms. The van der Waals surface area contributed by atoms with Gasteiger partial charge >= 0.3 is 0 Å². The third-order valence-electron chi connectivity index (χ3n) is 4.87. The van der Waals surface area contributed by atoms with Crippen molar-refractivity contribution in [1.29, 1.82) is 0 Å². The van der Waals surface area contributed by atoms with Crippen LogP contribution in [-0.4, -0.2) is 31.7 Å². The van der Waals surface area contributed by atoms with Gasteiger partial charge in [-0.1, -0.05) is 12.1 Å². The SMILES string of the molecule is O=S(=O)(Nc1cccc(-c2ccc(N3CCCCC3)nn2)c1)c1ccc(F)cc1. The molecule has 6 nitrogen and oxygen atoms in total. The van der Waals surface area contributed by atoms with Gasteiger partial charge in [0.2, 0.25) is 0 Å². The summed E-state index contributed by atoms with van der Waals surface area (Å²) in [5.74, 6) is 0.374. The summed E-state index contributed by atoms with van der Waals surface area (Å²) < 4.78 is 40.6. The molecule has 0 aliphatic carbocycles. The fraction of sp³-hybridized carbons (Fsp3) is 0.238. The fourth-order valence-electron chi connectivity index (χ4n) is 3.34. The molecule has 2 aromatic carbocycles. The van der Waals surface area contributed by atoms with Gasteiger partial charge in [-0.2, -0.15) is 0 Å². The number of piperidine rings is 1. The lowest BCUT2D eigenvalue weighted by atomic mass is 10.1. The number of halogens is 1. The van der Waals surface area contributed by atoms with E-state index in [1.165, 1.54) is 31.4 Å². The fourth-order valence-corrected chi connectivity index (χ4v) is 4.39. The van der Waals surface area contributed by atoms with Crippen LogP contribution in [0.25, 0.3) is 11.3 Å². The zero-order chi connectivity index (χ0) is 20.3. The Labute approximate surface area is 169 Å². The van der Waals surface area contributed by atoms with Gasteiger partial charge in [-0.15, -0.1) is 10.2 Å². The van der Waals surface area contributed by atoms with Crippen molar-refractivity contribution in [2.75, 3.05) is 22.7 Å². The summed E-state index contributed by atoms with van der Waals surface area (Å²) in [4.78, 5) is 2.23. The topological polar surface area (TPSA) is 75.2 Å². The van der Waals surface area contributed by atoms with E-state index < -0.39 is 15.8 Å². The lowest BCUT2D eigenvalue weighted by molar-refractivity contribution is 0.571. The van der Waals surface area contributed by atoms with Crippen LogP contribution in [0.1, 0.15) is 19.3 Å². The van der Waals surface area contributed by atoms with E-state index in [1.54, 1.807) is 18.2 Å². The first kappa shape index (κ1) is 19.3. The Hall–Kier alpha value is -3.00. The normalized spacial score (nSPS) is 14.6. The van der Waals surface area contributed by atoms with Crippen LogP contribution in [0.2, 0.25) is 0 Å². The Morgan fingerprint density at radius 1 is 0.897 bits per heavy atom. The molecule has 150 valence electrons. The minimum absolute atomic E-state index is 0.00465. The second kappa shape index (κ2) is 8.16. The molecule has 0 atom stereocenters. The minimum atomic E-state index is -3.81. The third-order valence-corrected chi connectivity index (χ3v) is 6.26. The lowest BCUT2D eigenvalue weighted by Gasteiger charge is -2.27. The number of rotatable bonds is 5. The maximum Gasteiger partial charge on any atom is 0.261 e. The maximum atomic E-state index is 13.1. The predicted octanol–water partition coefficient (Wildman–Crippen LogP) is 4.07. The Balaban J connectivity index is 1.53. The molecule has 0 saturated carbocycles. The molecular weight excluding hydrogens is 391 g/mol. The van der Waals surface area contributed by atoms with E-state index in [9.17, 15) is 12.8 Å². The van der Waals surface area contributed by atoms with Crippen LogP contribution in [0.15, 0.2) is 65.6 Å². The van der Waals surface area contributed by atoms with Crippen molar-refractivity contribution < 1.29 is 12.8 Å². The summed E-state index contributed by atoms with van der Waals surface area (Å²) in [6.07, 6.45) is 3.59. The van der Waals surface area contributed by atoms with Crippen molar-refractivity contribution in [2.45, 2.75) is 24.2 Å². The number of hydrogen-bond acceptors (Lipinski definition) is 5. The molecule has 0 bridgehead atoms. The van der Waals surface area contributed by atoms with Crippen LogP contribution < -0.4 is 9.62 Å². The number of sulfonamides is 1.